The van der Waals surface area contributed by atoms with Crippen LogP contribution in [0.1, 0.15) is 6.92 Å². The number of hydrogen-bond donors (Lipinski definition) is 1. The lowest BCUT2D eigenvalue weighted by molar-refractivity contribution is 0.143. The van der Waals surface area contributed by atoms with Crippen molar-refractivity contribution in [3.8, 4) is 11.5 Å². The molecule has 1 fully saturated rings. The van der Waals surface area contributed by atoms with Crippen LogP contribution in [0, 0.1) is 0 Å². The Morgan fingerprint density at radius 2 is 2.09 bits per heavy atom. The quantitative estimate of drug-likeness (QED) is 0.854. The van der Waals surface area contributed by atoms with Crippen LogP contribution in [0.15, 0.2) is 18.2 Å². The molecule has 2 aliphatic heterocycles. The zero-order valence-electron chi connectivity index (χ0n) is 11.9. The van der Waals surface area contributed by atoms with Crippen molar-refractivity contribution in [1.82, 2.24) is 4.72 Å². The topological polar surface area (TPSA) is 94.2 Å². The maximum absolute atomic E-state index is 11.9. The van der Waals surface area contributed by atoms with E-state index in [4.69, 9.17) is 14.2 Å². The SMILES string of the molecule is CCS(=O)(=O)NCC1CN(c2ccc3c(c2)OCO3)C(=O)O1. The molecule has 9 heteroatoms. The van der Waals surface area contributed by atoms with Crippen molar-refractivity contribution in [3.63, 3.8) is 0 Å². The Kier molecular flexibility index (Phi) is 3.83. The second kappa shape index (κ2) is 5.65. The first-order valence-corrected chi connectivity index (χ1v) is 8.49. The van der Waals surface area contributed by atoms with Crippen molar-refractivity contribution in [3.05, 3.63) is 18.2 Å². The lowest BCUT2D eigenvalue weighted by atomic mass is 10.2. The van der Waals surface area contributed by atoms with Crippen LogP contribution in [-0.2, 0) is 14.8 Å². The van der Waals surface area contributed by atoms with E-state index in [0.29, 0.717) is 17.2 Å². The molecule has 8 nitrogen and oxygen atoms in total. The van der Waals surface area contributed by atoms with Crippen LogP contribution in [0.5, 0.6) is 11.5 Å². The maximum atomic E-state index is 11.9. The number of anilines is 1. The summed E-state index contributed by atoms with van der Waals surface area (Å²) in [5, 5.41) is 0. The normalized spacial score (nSPS) is 20.3. The first-order valence-electron chi connectivity index (χ1n) is 6.83. The molecule has 0 bridgehead atoms. The Bertz CT molecular complexity index is 690. The molecule has 1 unspecified atom stereocenters. The Hall–Kier alpha value is -2.00. The molecule has 1 saturated heterocycles. The number of ether oxygens (including phenoxy) is 3. The molecule has 2 heterocycles. The molecular formula is C13H16N2O6S. The number of cyclic esters (lactones) is 1. The third-order valence-corrected chi connectivity index (χ3v) is 4.82. The third-order valence-electron chi connectivity index (χ3n) is 3.45. The van der Waals surface area contributed by atoms with Gasteiger partial charge < -0.3 is 14.2 Å². The molecular weight excluding hydrogens is 312 g/mol. The fourth-order valence-corrected chi connectivity index (χ4v) is 2.86. The van der Waals surface area contributed by atoms with Gasteiger partial charge in [0.2, 0.25) is 16.8 Å². The molecule has 120 valence electrons. The van der Waals surface area contributed by atoms with Gasteiger partial charge in [0, 0.05) is 12.6 Å². The van der Waals surface area contributed by atoms with Crippen LogP contribution in [0.2, 0.25) is 0 Å². The number of sulfonamides is 1. The lowest BCUT2D eigenvalue weighted by Crippen LogP contribution is -2.35. The highest BCUT2D eigenvalue weighted by atomic mass is 32.2. The number of amides is 1. The van der Waals surface area contributed by atoms with Crippen LogP contribution in [0.3, 0.4) is 0 Å². The number of rotatable bonds is 5. The minimum Gasteiger partial charge on any atom is -0.454 e. The highest BCUT2D eigenvalue weighted by molar-refractivity contribution is 7.89. The summed E-state index contributed by atoms with van der Waals surface area (Å²) in [6.07, 6.45) is -1.04. The van der Waals surface area contributed by atoms with Gasteiger partial charge in [-0.1, -0.05) is 0 Å². The van der Waals surface area contributed by atoms with E-state index in [9.17, 15) is 13.2 Å². The highest BCUT2D eigenvalue weighted by Crippen LogP contribution is 2.36. The van der Waals surface area contributed by atoms with E-state index in [1.54, 1.807) is 25.1 Å². The summed E-state index contributed by atoms with van der Waals surface area (Å²) < 4.78 is 40.9. The summed E-state index contributed by atoms with van der Waals surface area (Å²) in [6.45, 7) is 2.03. The molecule has 1 amide bonds. The minimum absolute atomic E-state index is 0.0143. The largest absolute Gasteiger partial charge is 0.454 e. The monoisotopic (exact) mass is 328 g/mol. The average Bonchev–Trinajstić information content (AvgIpc) is 3.10. The Balaban J connectivity index is 1.67. The van der Waals surface area contributed by atoms with Gasteiger partial charge in [0.25, 0.3) is 0 Å². The number of carbonyl (C=O) groups excluding carboxylic acids is 1. The Labute approximate surface area is 128 Å². The predicted molar refractivity (Wildman–Crippen MR) is 77.6 cm³/mol. The second-order valence-corrected chi connectivity index (χ2v) is 7.00. The van der Waals surface area contributed by atoms with Crippen molar-refractivity contribution in [2.24, 2.45) is 0 Å². The van der Waals surface area contributed by atoms with Gasteiger partial charge in [-0.2, -0.15) is 0 Å². The molecule has 0 aromatic heterocycles. The van der Waals surface area contributed by atoms with E-state index >= 15 is 0 Å². The standard InChI is InChI=1S/C13H16N2O6S/c1-2-22(17,18)14-6-10-7-15(13(16)21-10)9-3-4-11-12(5-9)20-8-19-11/h3-5,10,14H,2,6-8H2,1H3. The van der Waals surface area contributed by atoms with Crippen LogP contribution in [0.25, 0.3) is 0 Å². The van der Waals surface area contributed by atoms with Gasteiger partial charge in [-0.3, -0.25) is 4.90 Å². The van der Waals surface area contributed by atoms with E-state index in [-0.39, 0.29) is 25.6 Å². The zero-order valence-corrected chi connectivity index (χ0v) is 12.8. The molecule has 22 heavy (non-hydrogen) atoms. The van der Waals surface area contributed by atoms with E-state index in [1.165, 1.54) is 4.90 Å². The molecule has 1 atom stereocenters. The van der Waals surface area contributed by atoms with Gasteiger partial charge in [0.1, 0.15) is 6.10 Å². The first-order chi connectivity index (χ1) is 10.5. The molecule has 0 aliphatic carbocycles. The first kappa shape index (κ1) is 14.9. The van der Waals surface area contributed by atoms with E-state index in [2.05, 4.69) is 4.72 Å². The van der Waals surface area contributed by atoms with Gasteiger partial charge in [-0.15, -0.1) is 0 Å². The summed E-state index contributed by atoms with van der Waals surface area (Å²) in [5.74, 6) is 1.18. The fraction of sp³-hybridized carbons (Fsp3) is 0.462. The van der Waals surface area contributed by atoms with Crippen molar-refractivity contribution in [1.29, 1.82) is 0 Å². The Morgan fingerprint density at radius 1 is 1.32 bits per heavy atom. The Morgan fingerprint density at radius 3 is 2.86 bits per heavy atom. The lowest BCUT2D eigenvalue weighted by Gasteiger charge is -2.13. The number of nitrogens with one attached hydrogen (secondary N) is 1. The zero-order chi connectivity index (χ0) is 15.7. The van der Waals surface area contributed by atoms with Crippen molar-refractivity contribution in [2.45, 2.75) is 13.0 Å². The molecule has 1 aromatic carbocycles. The van der Waals surface area contributed by atoms with Crippen LogP contribution in [0.4, 0.5) is 10.5 Å². The summed E-state index contributed by atoms with van der Waals surface area (Å²) in [4.78, 5) is 13.4. The summed E-state index contributed by atoms with van der Waals surface area (Å²) in [5.41, 5.74) is 0.620. The van der Waals surface area contributed by atoms with Crippen molar-refractivity contribution >= 4 is 21.8 Å². The van der Waals surface area contributed by atoms with Crippen LogP contribution >= 0.6 is 0 Å². The summed E-state index contributed by atoms with van der Waals surface area (Å²) >= 11 is 0. The molecule has 0 radical (unpaired) electrons. The number of fused-ring (bicyclic) bond motifs is 1. The van der Waals surface area contributed by atoms with Gasteiger partial charge >= 0.3 is 6.09 Å². The number of hydrogen-bond acceptors (Lipinski definition) is 6. The van der Waals surface area contributed by atoms with Crippen LogP contribution in [-0.4, -0.2) is 46.3 Å². The molecule has 0 spiro atoms. The van der Waals surface area contributed by atoms with E-state index < -0.39 is 22.2 Å². The molecule has 2 aliphatic rings. The van der Waals surface area contributed by atoms with Crippen molar-refractivity contribution < 1.29 is 27.4 Å². The van der Waals surface area contributed by atoms with Crippen LogP contribution < -0.4 is 19.1 Å². The summed E-state index contributed by atoms with van der Waals surface area (Å²) in [6, 6.07) is 5.15. The predicted octanol–water partition coefficient (Wildman–Crippen LogP) is 0.680. The van der Waals surface area contributed by atoms with Gasteiger partial charge in [0.15, 0.2) is 11.5 Å². The van der Waals surface area contributed by atoms with Gasteiger partial charge in [-0.05, 0) is 19.1 Å². The smallest absolute Gasteiger partial charge is 0.414 e. The van der Waals surface area contributed by atoms with Gasteiger partial charge in [-0.25, -0.2) is 17.9 Å². The molecule has 0 saturated carbocycles. The molecule has 3 rings (SSSR count). The second-order valence-electron chi connectivity index (χ2n) is 4.91. The minimum atomic E-state index is -3.31. The maximum Gasteiger partial charge on any atom is 0.414 e. The summed E-state index contributed by atoms with van der Waals surface area (Å²) in [7, 11) is -3.31. The third kappa shape index (κ3) is 2.95. The molecule has 1 N–H and O–H groups in total. The van der Waals surface area contributed by atoms with Gasteiger partial charge in [0.05, 0.1) is 18.0 Å². The average molecular weight is 328 g/mol. The highest BCUT2D eigenvalue weighted by Gasteiger charge is 2.33. The fourth-order valence-electron chi connectivity index (χ4n) is 2.21. The number of nitrogens with zero attached hydrogens (tertiary/aromatic N) is 1. The number of benzene rings is 1. The van der Waals surface area contributed by atoms with E-state index in [1.807, 2.05) is 0 Å². The number of carbonyl (C=O) groups is 1. The van der Waals surface area contributed by atoms with Crippen molar-refractivity contribution in [2.75, 3.05) is 30.5 Å². The van der Waals surface area contributed by atoms with E-state index in [0.717, 1.165) is 0 Å². The molecule has 1 aromatic rings.